The summed E-state index contributed by atoms with van der Waals surface area (Å²) >= 11 is 0. The SMILES string of the molecule is Cc1c(NN)nc(C(C)(C)C)nc1OC1CCCCCC1. The molecular formula is C16H28N4O. The largest absolute Gasteiger partial charge is 0.474 e. The number of rotatable bonds is 3. The van der Waals surface area contributed by atoms with Gasteiger partial charge in [-0.1, -0.05) is 33.6 Å². The zero-order valence-electron chi connectivity index (χ0n) is 13.7. The Morgan fingerprint density at radius 2 is 1.71 bits per heavy atom. The quantitative estimate of drug-likeness (QED) is 0.507. The van der Waals surface area contributed by atoms with Crippen LogP contribution in [-0.2, 0) is 5.41 Å². The molecule has 0 saturated heterocycles. The number of nitrogens with two attached hydrogens (primary N) is 1. The molecule has 1 saturated carbocycles. The van der Waals surface area contributed by atoms with Crippen molar-refractivity contribution in [1.82, 2.24) is 9.97 Å². The molecule has 0 amide bonds. The fraction of sp³-hybridized carbons (Fsp3) is 0.750. The summed E-state index contributed by atoms with van der Waals surface area (Å²) < 4.78 is 6.20. The van der Waals surface area contributed by atoms with E-state index in [1.165, 1.54) is 25.7 Å². The lowest BCUT2D eigenvalue weighted by Gasteiger charge is -2.22. The van der Waals surface area contributed by atoms with Gasteiger partial charge in [0.05, 0.1) is 5.56 Å². The summed E-state index contributed by atoms with van der Waals surface area (Å²) in [4.78, 5) is 9.16. The first-order valence-electron chi connectivity index (χ1n) is 7.94. The molecule has 0 bridgehead atoms. The number of ether oxygens (including phenoxy) is 1. The summed E-state index contributed by atoms with van der Waals surface area (Å²) in [6.07, 6.45) is 7.59. The van der Waals surface area contributed by atoms with E-state index in [0.29, 0.717) is 11.7 Å². The van der Waals surface area contributed by atoms with Crippen molar-refractivity contribution >= 4 is 5.82 Å². The summed E-state index contributed by atoms with van der Waals surface area (Å²) in [5.41, 5.74) is 3.41. The molecule has 0 aromatic carbocycles. The maximum Gasteiger partial charge on any atom is 0.222 e. The average Bonchev–Trinajstić information content (AvgIpc) is 2.68. The minimum Gasteiger partial charge on any atom is -0.474 e. The van der Waals surface area contributed by atoms with Crippen molar-refractivity contribution in [3.05, 3.63) is 11.4 Å². The van der Waals surface area contributed by atoms with Crippen molar-refractivity contribution in [2.45, 2.75) is 77.7 Å². The summed E-state index contributed by atoms with van der Waals surface area (Å²) in [5.74, 6) is 7.68. The third-order valence-electron chi connectivity index (χ3n) is 3.99. The standard InChI is InChI=1S/C16H28N4O/c1-11-13(20-17)18-15(16(2,3)4)19-14(11)21-12-9-7-5-6-8-10-12/h12H,5-10,17H2,1-4H3,(H,18,19,20). The molecule has 118 valence electrons. The fourth-order valence-corrected chi connectivity index (χ4v) is 2.60. The van der Waals surface area contributed by atoms with Crippen molar-refractivity contribution in [3.63, 3.8) is 0 Å². The van der Waals surface area contributed by atoms with Crippen LogP contribution in [-0.4, -0.2) is 16.1 Å². The third-order valence-corrected chi connectivity index (χ3v) is 3.99. The van der Waals surface area contributed by atoms with Gasteiger partial charge in [0.2, 0.25) is 5.88 Å². The Morgan fingerprint density at radius 1 is 1.10 bits per heavy atom. The highest BCUT2D eigenvalue weighted by atomic mass is 16.5. The molecule has 0 radical (unpaired) electrons. The summed E-state index contributed by atoms with van der Waals surface area (Å²) in [7, 11) is 0. The van der Waals surface area contributed by atoms with Crippen molar-refractivity contribution in [1.29, 1.82) is 0 Å². The third kappa shape index (κ3) is 4.06. The van der Waals surface area contributed by atoms with E-state index in [-0.39, 0.29) is 11.5 Å². The predicted molar refractivity (Wildman–Crippen MR) is 85.4 cm³/mol. The summed E-state index contributed by atoms with van der Waals surface area (Å²) in [6.45, 7) is 8.22. The monoisotopic (exact) mass is 292 g/mol. The van der Waals surface area contributed by atoms with Crippen LogP contribution in [0.15, 0.2) is 0 Å². The average molecular weight is 292 g/mol. The lowest BCUT2D eigenvalue weighted by molar-refractivity contribution is 0.173. The van der Waals surface area contributed by atoms with E-state index >= 15 is 0 Å². The number of nitrogens with zero attached hydrogens (tertiary/aromatic N) is 2. The van der Waals surface area contributed by atoms with E-state index in [4.69, 9.17) is 10.6 Å². The number of anilines is 1. The first-order valence-corrected chi connectivity index (χ1v) is 7.94. The molecule has 21 heavy (non-hydrogen) atoms. The van der Waals surface area contributed by atoms with Gasteiger partial charge in [-0.05, 0) is 32.6 Å². The second-order valence-electron chi connectivity index (χ2n) is 6.95. The van der Waals surface area contributed by atoms with E-state index < -0.39 is 0 Å². The maximum atomic E-state index is 6.20. The van der Waals surface area contributed by atoms with Crippen LogP contribution in [0.25, 0.3) is 0 Å². The second kappa shape index (κ2) is 6.60. The van der Waals surface area contributed by atoms with Gasteiger partial charge in [0.15, 0.2) is 5.82 Å². The molecule has 1 aliphatic carbocycles. The molecule has 0 spiro atoms. The zero-order chi connectivity index (χ0) is 15.5. The Hall–Kier alpha value is -1.36. The minimum absolute atomic E-state index is 0.138. The normalized spacial score (nSPS) is 17.4. The highest BCUT2D eigenvalue weighted by Gasteiger charge is 2.23. The van der Waals surface area contributed by atoms with Gasteiger partial charge in [-0.2, -0.15) is 4.98 Å². The Balaban J connectivity index is 2.28. The van der Waals surface area contributed by atoms with Gasteiger partial charge >= 0.3 is 0 Å². The van der Waals surface area contributed by atoms with Crippen molar-refractivity contribution in [2.24, 2.45) is 5.84 Å². The highest BCUT2D eigenvalue weighted by molar-refractivity contribution is 5.48. The lowest BCUT2D eigenvalue weighted by Crippen LogP contribution is -2.23. The molecule has 3 N–H and O–H groups in total. The maximum absolute atomic E-state index is 6.20. The van der Waals surface area contributed by atoms with Crippen LogP contribution in [0.1, 0.15) is 70.7 Å². The van der Waals surface area contributed by atoms with Gasteiger partial charge in [0.1, 0.15) is 11.9 Å². The van der Waals surface area contributed by atoms with Crippen molar-refractivity contribution in [3.8, 4) is 5.88 Å². The van der Waals surface area contributed by atoms with Gasteiger partial charge in [-0.25, -0.2) is 10.8 Å². The van der Waals surface area contributed by atoms with E-state index in [0.717, 1.165) is 24.2 Å². The lowest BCUT2D eigenvalue weighted by atomic mass is 9.95. The molecule has 1 aromatic rings. The molecule has 1 fully saturated rings. The molecule has 1 heterocycles. The fourth-order valence-electron chi connectivity index (χ4n) is 2.60. The molecule has 2 rings (SSSR count). The van der Waals surface area contributed by atoms with Gasteiger partial charge in [0.25, 0.3) is 0 Å². The molecule has 1 aromatic heterocycles. The van der Waals surface area contributed by atoms with Crippen LogP contribution in [0.3, 0.4) is 0 Å². The Bertz CT molecular complexity index is 474. The first kappa shape index (κ1) is 16.0. The molecule has 0 atom stereocenters. The zero-order valence-corrected chi connectivity index (χ0v) is 13.7. The minimum atomic E-state index is -0.138. The molecule has 0 aliphatic heterocycles. The molecule has 1 aliphatic rings. The second-order valence-corrected chi connectivity index (χ2v) is 6.95. The van der Waals surface area contributed by atoms with Crippen LogP contribution >= 0.6 is 0 Å². The van der Waals surface area contributed by atoms with Gasteiger partial charge in [0, 0.05) is 5.41 Å². The van der Waals surface area contributed by atoms with Crippen molar-refractivity contribution < 1.29 is 4.74 Å². The van der Waals surface area contributed by atoms with E-state index in [2.05, 4.69) is 36.2 Å². The van der Waals surface area contributed by atoms with Crippen molar-refractivity contribution in [2.75, 3.05) is 5.43 Å². The Labute approximate surface area is 127 Å². The van der Waals surface area contributed by atoms with E-state index in [1.54, 1.807) is 0 Å². The van der Waals surface area contributed by atoms with Crippen LogP contribution in [0.5, 0.6) is 5.88 Å². The van der Waals surface area contributed by atoms with Gasteiger partial charge in [-0.3, -0.25) is 0 Å². The molecule has 5 heteroatoms. The number of hydrogen-bond donors (Lipinski definition) is 2. The highest BCUT2D eigenvalue weighted by Crippen LogP contribution is 2.29. The first-order chi connectivity index (χ1) is 9.91. The summed E-state index contributed by atoms with van der Waals surface area (Å²) in [6, 6.07) is 0. The van der Waals surface area contributed by atoms with E-state index in [9.17, 15) is 0 Å². The smallest absolute Gasteiger partial charge is 0.222 e. The van der Waals surface area contributed by atoms with Crippen LogP contribution in [0, 0.1) is 6.92 Å². The van der Waals surface area contributed by atoms with Crippen LogP contribution in [0.2, 0.25) is 0 Å². The van der Waals surface area contributed by atoms with E-state index in [1.807, 2.05) is 6.92 Å². The number of nitrogens with one attached hydrogen (secondary N) is 1. The summed E-state index contributed by atoms with van der Waals surface area (Å²) in [5, 5.41) is 0. The predicted octanol–water partition coefficient (Wildman–Crippen LogP) is 3.47. The Kier molecular flexibility index (Phi) is 5.04. The van der Waals surface area contributed by atoms with Gasteiger partial charge < -0.3 is 10.2 Å². The number of aromatic nitrogens is 2. The number of hydrogen-bond acceptors (Lipinski definition) is 5. The Morgan fingerprint density at radius 3 is 2.24 bits per heavy atom. The molecular weight excluding hydrogens is 264 g/mol. The van der Waals surface area contributed by atoms with Crippen LogP contribution < -0.4 is 16.0 Å². The molecule has 5 nitrogen and oxygen atoms in total. The van der Waals surface area contributed by atoms with Gasteiger partial charge in [-0.15, -0.1) is 0 Å². The number of nitrogen functional groups attached to an aromatic ring is 1. The van der Waals surface area contributed by atoms with Crippen LogP contribution in [0.4, 0.5) is 5.82 Å². The molecule has 0 unspecified atom stereocenters. The topological polar surface area (TPSA) is 73.1 Å². The number of hydrazine groups is 1.